The number of aromatic nitrogens is 2. The number of morpholine rings is 1. The molecule has 1 aromatic heterocycles. The van der Waals surface area contributed by atoms with Crippen LogP contribution >= 0.6 is 0 Å². The fraction of sp³-hybridized carbons (Fsp3) is 0.778. The lowest BCUT2D eigenvalue weighted by Crippen LogP contribution is -2.54. The molecule has 0 aliphatic carbocycles. The Kier molecular flexibility index (Phi) is 5.05. The topological polar surface area (TPSA) is 71.0 Å². The number of aliphatic hydroxyl groups is 1. The standard InChI is InChI=1S/C18H28N4O3/c23-12-15-2-1-5-21(11-15)16-10-17(20-14-19-16)22-6-9-25-18(13-22)3-7-24-8-4-18/h10,14-15,23H,1-9,11-13H2. The van der Waals surface area contributed by atoms with E-state index in [1.54, 1.807) is 6.33 Å². The molecule has 1 atom stereocenters. The molecule has 3 aliphatic rings. The highest BCUT2D eigenvalue weighted by Crippen LogP contribution is 2.32. The second-order valence-corrected chi connectivity index (χ2v) is 7.44. The maximum atomic E-state index is 9.46. The van der Waals surface area contributed by atoms with Gasteiger partial charge in [-0.15, -0.1) is 0 Å². The van der Waals surface area contributed by atoms with Gasteiger partial charge in [0.25, 0.3) is 0 Å². The molecule has 3 fully saturated rings. The zero-order valence-corrected chi connectivity index (χ0v) is 14.8. The van der Waals surface area contributed by atoms with Gasteiger partial charge in [0.15, 0.2) is 0 Å². The number of piperidine rings is 1. The van der Waals surface area contributed by atoms with Gasteiger partial charge in [0.1, 0.15) is 18.0 Å². The first-order valence-electron chi connectivity index (χ1n) is 9.42. The number of aliphatic hydroxyl groups excluding tert-OH is 1. The molecule has 0 radical (unpaired) electrons. The summed E-state index contributed by atoms with van der Waals surface area (Å²) >= 11 is 0. The number of rotatable bonds is 3. The zero-order valence-electron chi connectivity index (χ0n) is 14.8. The van der Waals surface area contributed by atoms with Gasteiger partial charge < -0.3 is 24.4 Å². The van der Waals surface area contributed by atoms with Crippen LogP contribution in [0.4, 0.5) is 11.6 Å². The highest BCUT2D eigenvalue weighted by Gasteiger charge is 2.38. The van der Waals surface area contributed by atoms with Crippen molar-refractivity contribution in [3.05, 3.63) is 12.4 Å². The molecule has 4 heterocycles. The predicted molar refractivity (Wildman–Crippen MR) is 95.0 cm³/mol. The van der Waals surface area contributed by atoms with Crippen LogP contribution in [-0.4, -0.2) is 73.3 Å². The molecule has 1 N–H and O–H groups in total. The van der Waals surface area contributed by atoms with Crippen LogP contribution in [0.15, 0.2) is 12.4 Å². The Bertz CT molecular complexity index is 574. The molecule has 4 rings (SSSR count). The summed E-state index contributed by atoms with van der Waals surface area (Å²) in [7, 11) is 0. The highest BCUT2D eigenvalue weighted by atomic mass is 16.5. The summed E-state index contributed by atoms with van der Waals surface area (Å²) in [6, 6.07) is 2.10. The summed E-state index contributed by atoms with van der Waals surface area (Å²) in [5.74, 6) is 2.29. The Hall–Kier alpha value is -1.44. The fourth-order valence-electron chi connectivity index (χ4n) is 4.19. The van der Waals surface area contributed by atoms with Crippen molar-refractivity contribution >= 4 is 11.6 Å². The first-order chi connectivity index (χ1) is 12.3. The monoisotopic (exact) mass is 348 g/mol. The summed E-state index contributed by atoms with van der Waals surface area (Å²) in [6.45, 7) is 6.13. The molecular formula is C18H28N4O3. The summed E-state index contributed by atoms with van der Waals surface area (Å²) in [4.78, 5) is 13.6. The lowest BCUT2D eigenvalue weighted by atomic mass is 9.92. The van der Waals surface area contributed by atoms with Gasteiger partial charge in [0, 0.05) is 64.9 Å². The Morgan fingerprint density at radius 1 is 1.12 bits per heavy atom. The van der Waals surface area contributed by atoms with Crippen LogP contribution in [0.5, 0.6) is 0 Å². The van der Waals surface area contributed by atoms with Gasteiger partial charge in [-0.1, -0.05) is 0 Å². The summed E-state index contributed by atoms with van der Waals surface area (Å²) in [5.41, 5.74) is -0.0886. The van der Waals surface area contributed by atoms with E-state index in [1.165, 1.54) is 0 Å². The number of hydrogen-bond donors (Lipinski definition) is 1. The summed E-state index contributed by atoms with van der Waals surface area (Å²) < 4.78 is 11.6. The lowest BCUT2D eigenvalue weighted by molar-refractivity contribution is -0.116. The van der Waals surface area contributed by atoms with Gasteiger partial charge in [-0.2, -0.15) is 0 Å². The van der Waals surface area contributed by atoms with Crippen molar-refractivity contribution in [3.8, 4) is 0 Å². The SMILES string of the molecule is OCC1CCCN(c2cc(N3CCOC4(CCOCC4)C3)ncn2)C1. The van der Waals surface area contributed by atoms with E-state index in [0.29, 0.717) is 5.92 Å². The summed E-state index contributed by atoms with van der Waals surface area (Å²) in [6.07, 6.45) is 5.76. The van der Waals surface area contributed by atoms with Crippen molar-refractivity contribution in [1.29, 1.82) is 0 Å². The van der Waals surface area contributed by atoms with Gasteiger partial charge in [0.2, 0.25) is 0 Å². The number of hydrogen-bond acceptors (Lipinski definition) is 7. The minimum Gasteiger partial charge on any atom is -0.396 e. The van der Waals surface area contributed by atoms with Gasteiger partial charge in [-0.05, 0) is 18.8 Å². The third kappa shape index (κ3) is 3.73. The molecular weight excluding hydrogens is 320 g/mol. The van der Waals surface area contributed by atoms with Gasteiger partial charge in [-0.3, -0.25) is 0 Å². The van der Waals surface area contributed by atoms with E-state index in [9.17, 15) is 5.11 Å². The van der Waals surface area contributed by atoms with Crippen molar-refractivity contribution in [1.82, 2.24) is 9.97 Å². The molecule has 1 aromatic rings. The van der Waals surface area contributed by atoms with Crippen molar-refractivity contribution in [2.45, 2.75) is 31.3 Å². The number of anilines is 2. The van der Waals surface area contributed by atoms with E-state index in [0.717, 1.165) is 83.3 Å². The Morgan fingerprint density at radius 2 is 1.92 bits per heavy atom. The fourth-order valence-corrected chi connectivity index (χ4v) is 4.19. The number of nitrogens with zero attached hydrogens (tertiary/aromatic N) is 4. The van der Waals surface area contributed by atoms with Crippen molar-refractivity contribution < 1.29 is 14.6 Å². The normalized spacial score (nSPS) is 26.8. The minimum atomic E-state index is -0.0886. The van der Waals surface area contributed by atoms with Crippen molar-refractivity contribution in [3.63, 3.8) is 0 Å². The third-order valence-corrected chi connectivity index (χ3v) is 5.72. The predicted octanol–water partition coefficient (Wildman–Crippen LogP) is 1.07. The first-order valence-corrected chi connectivity index (χ1v) is 9.42. The Balaban J connectivity index is 1.49. The Labute approximate surface area is 149 Å². The van der Waals surface area contributed by atoms with Crippen LogP contribution in [0.25, 0.3) is 0 Å². The molecule has 3 saturated heterocycles. The largest absolute Gasteiger partial charge is 0.396 e. The second-order valence-electron chi connectivity index (χ2n) is 7.44. The number of ether oxygens (including phenoxy) is 2. The molecule has 0 amide bonds. The van der Waals surface area contributed by atoms with E-state index >= 15 is 0 Å². The quantitative estimate of drug-likeness (QED) is 0.876. The zero-order chi connectivity index (χ0) is 17.1. The van der Waals surface area contributed by atoms with Crippen LogP contribution in [0.3, 0.4) is 0 Å². The second kappa shape index (κ2) is 7.43. The van der Waals surface area contributed by atoms with Crippen LogP contribution in [0.1, 0.15) is 25.7 Å². The maximum Gasteiger partial charge on any atom is 0.134 e. The lowest BCUT2D eigenvalue weighted by Gasteiger charge is -2.45. The molecule has 0 bridgehead atoms. The molecule has 1 spiro atoms. The molecule has 1 unspecified atom stereocenters. The highest BCUT2D eigenvalue weighted by molar-refractivity contribution is 5.51. The first kappa shape index (κ1) is 17.0. The summed E-state index contributed by atoms with van der Waals surface area (Å²) in [5, 5.41) is 9.46. The molecule has 7 nitrogen and oxygen atoms in total. The van der Waals surface area contributed by atoms with Gasteiger partial charge in [0.05, 0.1) is 12.2 Å². The molecule has 3 aliphatic heterocycles. The van der Waals surface area contributed by atoms with E-state index in [4.69, 9.17) is 9.47 Å². The molecule has 0 aromatic carbocycles. The van der Waals surface area contributed by atoms with Gasteiger partial charge >= 0.3 is 0 Å². The van der Waals surface area contributed by atoms with Crippen LogP contribution in [0.2, 0.25) is 0 Å². The average molecular weight is 348 g/mol. The third-order valence-electron chi connectivity index (χ3n) is 5.72. The van der Waals surface area contributed by atoms with E-state index < -0.39 is 0 Å². The van der Waals surface area contributed by atoms with Crippen LogP contribution in [-0.2, 0) is 9.47 Å². The molecule has 138 valence electrons. The maximum absolute atomic E-state index is 9.46. The Morgan fingerprint density at radius 3 is 2.72 bits per heavy atom. The minimum absolute atomic E-state index is 0.0886. The smallest absolute Gasteiger partial charge is 0.134 e. The van der Waals surface area contributed by atoms with E-state index in [2.05, 4.69) is 25.8 Å². The van der Waals surface area contributed by atoms with E-state index in [-0.39, 0.29) is 12.2 Å². The van der Waals surface area contributed by atoms with Crippen LogP contribution in [0, 0.1) is 5.92 Å². The van der Waals surface area contributed by atoms with Crippen molar-refractivity contribution in [2.75, 3.05) is 62.4 Å². The van der Waals surface area contributed by atoms with Crippen molar-refractivity contribution in [2.24, 2.45) is 5.92 Å². The molecule has 0 saturated carbocycles. The average Bonchev–Trinajstić information content (AvgIpc) is 2.69. The van der Waals surface area contributed by atoms with Gasteiger partial charge in [-0.25, -0.2) is 9.97 Å². The molecule has 7 heteroatoms. The van der Waals surface area contributed by atoms with Crippen LogP contribution < -0.4 is 9.80 Å². The van der Waals surface area contributed by atoms with E-state index in [1.807, 2.05) is 0 Å². The molecule has 25 heavy (non-hydrogen) atoms.